The lowest BCUT2D eigenvalue weighted by Crippen LogP contribution is -2.26. The molecule has 142 valence electrons. The Kier molecular flexibility index (Phi) is 4.92. The molecule has 0 bridgehead atoms. The minimum atomic E-state index is -0.289. The number of halogens is 1. The van der Waals surface area contributed by atoms with Crippen LogP contribution >= 0.6 is 11.3 Å². The maximum absolute atomic E-state index is 13.1. The number of hydrogen-bond acceptors (Lipinski definition) is 4. The van der Waals surface area contributed by atoms with E-state index in [1.165, 1.54) is 17.0 Å². The maximum Gasteiger partial charge on any atom is 0.254 e. The predicted octanol–water partition coefficient (Wildman–Crippen LogP) is 4.26. The number of aryl methyl sites for hydroxylation is 1. The number of carbonyl (C=O) groups is 1. The van der Waals surface area contributed by atoms with E-state index in [2.05, 4.69) is 16.1 Å². The van der Waals surface area contributed by atoms with E-state index in [-0.39, 0.29) is 11.7 Å². The molecule has 5 nitrogen and oxygen atoms in total. The van der Waals surface area contributed by atoms with Crippen molar-refractivity contribution in [1.82, 2.24) is 19.7 Å². The van der Waals surface area contributed by atoms with Crippen LogP contribution in [-0.4, -0.2) is 32.6 Å². The molecule has 0 aliphatic carbocycles. The van der Waals surface area contributed by atoms with Gasteiger partial charge < -0.3 is 4.90 Å². The van der Waals surface area contributed by atoms with Crippen LogP contribution in [0.4, 0.5) is 4.39 Å². The van der Waals surface area contributed by atoms with Gasteiger partial charge in [0.05, 0.1) is 23.7 Å². The van der Waals surface area contributed by atoms with Crippen molar-refractivity contribution >= 4 is 28.3 Å². The van der Waals surface area contributed by atoms with Gasteiger partial charge in [-0.15, -0.1) is 11.3 Å². The molecular formula is C21H19FN4OS. The van der Waals surface area contributed by atoms with Crippen molar-refractivity contribution in [2.24, 2.45) is 0 Å². The van der Waals surface area contributed by atoms with Crippen LogP contribution in [0.5, 0.6) is 0 Å². The molecule has 0 unspecified atom stereocenters. The fourth-order valence-electron chi connectivity index (χ4n) is 3.16. The SMILES string of the molecule is Cc1cc(C(=O)N(C)Cc2ccc(F)cc2)c2cnn(Cc3cccs3)c2n1. The van der Waals surface area contributed by atoms with Gasteiger partial charge in [-0.25, -0.2) is 14.1 Å². The number of rotatable bonds is 5. The lowest BCUT2D eigenvalue weighted by Gasteiger charge is -2.18. The van der Waals surface area contributed by atoms with Gasteiger partial charge in [-0.2, -0.15) is 5.10 Å². The van der Waals surface area contributed by atoms with E-state index in [0.717, 1.165) is 16.6 Å². The average molecular weight is 394 g/mol. The zero-order valence-electron chi connectivity index (χ0n) is 15.6. The van der Waals surface area contributed by atoms with E-state index in [9.17, 15) is 9.18 Å². The molecule has 0 saturated carbocycles. The summed E-state index contributed by atoms with van der Waals surface area (Å²) in [6.45, 7) is 2.89. The van der Waals surface area contributed by atoms with Crippen LogP contribution in [0, 0.1) is 12.7 Å². The predicted molar refractivity (Wildman–Crippen MR) is 108 cm³/mol. The molecule has 0 fully saturated rings. The normalized spacial score (nSPS) is 11.1. The van der Waals surface area contributed by atoms with Crippen molar-refractivity contribution in [2.45, 2.75) is 20.0 Å². The van der Waals surface area contributed by atoms with Gasteiger partial charge in [-0.05, 0) is 42.1 Å². The summed E-state index contributed by atoms with van der Waals surface area (Å²) in [5, 5.41) is 7.22. The Bertz CT molecular complexity index is 1120. The molecule has 0 N–H and O–H groups in total. The second-order valence-electron chi connectivity index (χ2n) is 6.72. The topological polar surface area (TPSA) is 51.0 Å². The minimum absolute atomic E-state index is 0.115. The lowest BCUT2D eigenvalue weighted by molar-refractivity contribution is 0.0787. The van der Waals surface area contributed by atoms with Crippen LogP contribution in [-0.2, 0) is 13.1 Å². The molecular weight excluding hydrogens is 375 g/mol. The summed E-state index contributed by atoms with van der Waals surface area (Å²) in [6, 6.07) is 12.0. The molecule has 3 aromatic heterocycles. The number of thiophene rings is 1. The van der Waals surface area contributed by atoms with Gasteiger partial charge in [0.1, 0.15) is 5.82 Å². The zero-order chi connectivity index (χ0) is 19.7. The lowest BCUT2D eigenvalue weighted by atomic mass is 10.1. The van der Waals surface area contributed by atoms with Crippen molar-refractivity contribution in [2.75, 3.05) is 7.05 Å². The fourth-order valence-corrected chi connectivity index (χ4v) is 3.84. The number of benzene rings is 1. The van der Waals surface area contributed by atoms with Gasteiger partial charge in [-0.1, -0.05) is 18.2 Å². The Labute approximate surface area is 166 Å². The van der Waals surface area contributed by atoms with Gasteiger partial charge >= 0.3 is 0 Å². The first-order chi connectivity index (χ1) is 13.5. The molecule has 3 heterocycles. The number of nitrogens with zero attached hydrogens (tertiary/aromatic N) is 4. The number of aromatic nitrogens is 3. The first-order valence-corrected chi connectivity index (χ1v) is 9.74. The number of hydrogen-bond donors (Lipinski definition) is 0. The molecule has 0 spiro atoms. The Morgan fingerprint density at radius 1 is 1.25 bits per heavy atom. The van der Waals surface area contributed by atoms with Crippen LogP contribution in [0.2, 0.25) is 0 Å². The third-order valence-electron chi connectivity index (χ3n) is 4.53. The monoisotopic (exact) mass is 394 g/mol. The number of amides is 1. The van der Waals surface area contributed by atoms with Crippen molar-refractivity contribution in [3.8, 4) is 0 Å². The fraction of sp³-hybridized carbons (Fsp3) is 0.190. The van der Waals surface area contributed by atoms with Gasteiger partial charge in [-0.3, -0.25) is 4.79 Å². The molecule has 1 aromatic carbocycles. The van der Waals surface area contributed by atoms with Crippen molar-refractivity contribution in [3.05, 3.63) is 81.6 Å². The smallest absolute Gasteiger partial charge is 0.254 e. The van der Waals surface area contributed by atoms with Crippen LogP contribution in [0.25, 0.3) is 11.0 Å². The zero-order valence-corrected chi connectivity index (χ0v) is 16.4. The Hall–Kier alpha value is -3.06. The summed E-state index contributed by atoms with van der Waals surface area (Å²) in [5.41, 5.74) is 2.91. The summed E-state index contributed by atoms with van der Waals surface area (Å²) in [4.78, 5) is 20.5. The van der Waals surface area contributed by atoms with Crippen molar-refractivity contribution in [3.63, 3.8) is 0 Å². The molecule has 4 rings (SSSR count). The van der Waals surface area contributed by atoms with Crippen LogP contribution in [0.15, 0.2) is 54.0 Å². The van der Waals surface area contributed by atoms with Gasteiger partial charge in [0.15, 0.2) is 5.65 Å². The molecule has 0 aliphatic rings. The molecule has 0 saturated heterocycles. The summed E-state index contributed by atoms with van der Waals surface area (Å²) >= 11 is 1.66. The third kappa shape index (κ3) is 3.66. The minimum Gasteiger partial charge on any atom is -0.337 e. The first-order valence-electron chi connectivity index (χ1n) is 8.87. The van der Waals surface area contributed by atoms with Crippen molar-refractivity contribution in [1.29, 1.82) is 0 Å². The van der Waals surface area contributed by atoms with Gasteiger partial charge in [0, 0.05) is 24.2 Å². The van der Waals surface area contributed by atoms with E-state index in [1.54, 1.807) is 47.7 Å². The molecule has 0 aliphatic heterocycles. The van der Waals surface area contributed by atoms with Gasteiger partial charge in [0.2, 0.25) is 0 Å². The first kappa shape index (κ1) is 18.3. The van der Waals surface area contributed by atoms with E-state index in [4.69, 9.17) is 0 Å². The number of pyridine rings is 1. The molecule has 0 atom stereocenters. The van der Waals surface area contributed by atoms with Crippen LogP contribution in [0.1, 0.15) is 26.5 Å². The van der Waals surface area contributed by atoms with Crippen LogP contribution in [0.3, 0.4) is 0 Å². The standard InChI is InChI=1S/C21H19FN4OS/c1-14-10-18(21(27)25(2)12-15-5-7-16(22)8-6-15)19-11-23-26(20(19)24-14)13-17-4-3-9-28-17/h3-11H,12-13H2,1-2H3. The largest absolute Gasteiger partial charge is 0.337 e. The average Bonchev–Trinajstić information content (AvgIpc) is 3.33. The van der Waals surface area contributed by atoms with Gasteiger partial charge in [0.25, 0.3) is 5.91 Å². The van der Waals surface area contributed by atoms with E-state index in [1.807, 2.05) is 23.1 Å². The van der Waals surface area contributed by atoms with E-state index < -0.39 is 0 Å². The molecule has 28 heavy (non-hydrogen) atoms. The van der Waals surface area contributed by atoms with Crippen molar-refractivity contribution < 1.29 is 9.18 Å². The third-order valence-corrected chi connectivity index (χ3v) is 5.39. The Balaban J connectivity index is 1.64. The second kappa shape index (κ2) is 7.52. The van der Waals surface area contributed by atoms with E-state index >= 15 is 0 Å². The quantitative estimate of drug-likeness (QED) is 0.508. The summed E-state index contributed by atoms with van der Waals surface area (Å²) in [5.74, 6) is -0.405. The highest BCUT2D eigenvalue weighted by Crippen LogP contribution is 2.22. The van der Waals surface area contributed by atoms with Crippen LogP contribution < -0.4 is 0 Å². The summed E-state index contributed by atoms with van der Waals surface area (Å²) in [6.07, 6.45) is 1.70. The molecule has 4 aromatic rings. The maximum atomic E-state index is 13.1. The molecule has 7 heteroatoms. The van der Waals surface area contributed by atoms with E-state index in [0.29, 0.717) is 24.3 Å². The highest BCUT2D eigenvalue weighted by Gasteiger charge is 2.19. The second-order valence-corrected chi connectivity index (χ2v) is 7.75. The molecule has 1 amide bonds. The summed E-state index contributed by atoms with van der Waals surface area (Å²) in [7, 11) is 1.74. The number of fused-ring (bicyclic) bond motifs is 1. The Morgan fingerprint density at radius 3 is 2.75 bits per heavy atom. The Morgan fingerprint density at radius 2 is 2.04 bits per heavy atom. The summed E-state index contributed by atoms with van der Waals surface area (Å²) < 4.78 is 14.9. The number of carbonyl (C=O) groups excluding carboxylic acids is 1. The highest BCUT2D eigenvalue weighted by atomic mass is 32.1. The highest BCUT2D eigenvalue weighted by molar-refractivity contribution is 7.09. The molecule has 0 radical (unpaired) electrons.